The van der Waals surface area contributed by atoms with Crippen molar-refractivity contribution in [1.82, 2.24) is 39.4 Å². The number of aromatic nitrogens is 8. The quantitative estimate of drug-likeness (QED) is 0.154. The number of alkyl halides is 2. The zero-order valence-electron chi connectivity index (χ0n) is 28.5. The van der Waals surface area contributed by atoms with E-state index in [1.54, 1.807) is 53.3 Å². The largest absolute Gasteiger partial charge is 0.472 e. The van der Waals surface area contributed by atoms with Crippen molar-refractivity contribution >= 4 is 58.0 Å². The third-order valence-electron chi connectivity index (χ3n) is 7.83. The fraction of sp³-hybridized carbons (Fsp3) is 0.111. The fourth-order valence-electron chi connectivity index (χ4n) is 5.18. The summed E-state index contributed by atoms with van der Waals surface area (Å²) in [5, 5.41) is 19.8. The first-order valence-electron chi connectivity index (χ1n) is 15.9. The van der Waals surface area contributed by atoms with Gasteiger partial charge >= 0.3 is 5.69 Å². The lowest BCUT2D eigenvalue weighted by atomic mass is 10.0. The molecule has 0 spiro atoms. The molecule has 0 radical (unpaired) electrons. The van der Waals surface area contributed by atoms with E-state index in [1.807, 2.05) is 12.1 Å². The van der Waals surface area contributed by atoms with Gasteiger partial charge in [0, 0.05) is 59.4 Å². The molecule has 4 aromatic carbocycles. The highest BCUT2D eigenvalue weighted by Crippen LogP contribution is 2.34. The molecule has 1 N–H and O–H groups in total. The van der Waals surface area contributed by atoms with Crippen LogP contribution in [0.2, 0.25) is 20.1 Å². The average Bonchev–Trinajstić information content (AvgIpc) is 3.89. The molecule has 7 aromatic rings. The number of rotatable bonds is 9. The molecule has 55 heavy (non-hydrogen) atoms. The molecule has 0 aliphatic carbocycles. The number of hydrogen-bond donors (Lipinski definition) is 1. The highest BCUT2D eigenvalue weighted by Gasteiger charge is 2.24. The van der Waals surface area contributed by atoms with Gasteiger partial charge in [-0.1, -0.05) is 58.5 Å². The van der Waals surface area contributed by atoms with Crippen LogP contribution in [-0.4, -0.2) is 45.3 Å². The molecule has 0 atom stereocenters. The first kappa shape index (κ1) is 39.1. The zero-order valence-corrected chi connectivity index (χ0v) is 31.5. The maximum absolute atomic E-state index is 13.8. The van der Waals surface area contributed by atoms with Gasteiger partial charge in [0.1, 0.15) is 18.1 Å². The van der Waals surface area contributed by atoms with Crippen molar-refractivity contribution in [2.24, 2.45) is 14.1 Å². The molecule has 0 aliphatic heterocycles. The lowest BCUT2D eigenvalue weighted by Crippen LogP contribution is -2.23. The molecule has 0 bridgehead atoms. The van der Waals surface area contributed by atoms with Gasteiger partial charge in [0.15, 0.2) is 0 Å². The number of carbonyl (C=O) groups excluding carboxylic acids is 1. The highest BCUT2D eigenvalue weighted by atomic mass is 35.5. The maximum atomic E-state index is 13.8. The zero-order chi connectivity index (χ0) is 39.4. The van der Waals surface area contributed by atoms with Crippen molar-refractivity contribution in [1.29, 1.82) is 0 Å². The Kier molecular flexibility index (Phi) is 12.0. The Hall–Kier alpha value is -5.61. The molecular weight excluding hydrogens is 805 g/mol. The standard InChI is InChI=1S/C18H12Cl2F3N3O.C18H14Cl2N6O2/c1-26-8-12(16(25-26)17(22)23)18(27)24-15-5-3-10(21)7-11(15)9-2-4-13(19)14(20)6-9;1-24-18(27)26(23-22-24)16-4-2-3-15(20)14(16)11-28-17-9-10-25(21-17)13-7-5-12(19)6-8-13/h2-8,17H,1H3,(H,24,27);2-10H,11H2,1H3. The van der Waals surface area contributed by atoms with Crippen LogP contribution in [0.1, 0.15) is 28.0 Å². The Bertz CT molecular complexity index is 2550. The van der Waals surface area contributed by atoms with Crippen molar-refractivity contribution in [2.75, 3.05) is 5.32 Å². The molecule has 3 heterocycles. The van der Waals surface area contributed by atoms with Crippen LogP contribution in [0.5, 0.6) is 5.88 Å². The number of halogens is 7. The van der Waals surface area contributed by atoms with Crippen molar-refractivity contribution in [3.05, 3.63) is 151 Å². The second kappa shape index (κ2) is 16.8. The van der Waals surface area contributed by atoms with Crippen LogP contribution >= 0.6 is 46.4 Å². The average molecular weight is 831 g/mol. The SMILES string of the molecule is Cn1cc(C(=O)Nc2ccc(F)cc2-c2ccc(Cl)c(Cl)c2)c(C(F)F)n1.Cn1nnn(-c2cccc(Cl)c2COc2ccn(-c3ccc(Cl)cc3)n2)c1=O. The van der Waals surface area contributed by atoms with E-state index in [2.05, 4.69) is 25.9 Å². The van der Waals surface area contributed by atoms with Crippen LogP contribution in [0.25, 0.3) is 22.5 Å². The maximum Gasteiger partial charge on any atom is 0.368 e. The number of anilines is 1. The second-order valence-electron chi connectivity index (χ2n) is 11.6. The van der Waals surface area contributed by atoms with Crippen LogP contribution in [-0.2, 0) is 20.7 Å². The third kappa shape index (κ3) is 9.03. The summed E-state index contributed by atoms with van der Waals surface area (Å²) in [7, 11) is 2.96. The summed E-state index contributed by atoms with van der Waals surface area (Å²) in [6, 6.07) is 22.5. The van der Waals surface area contributed by atoms with Crippen LogP contribution < -0.4 is 15.7 Å². The minimum absolute atomic E-state index is 0.107. The molecule has 0 fully saturated rings. The lowest BCUT2D eigenvalue weighted by Gasteiger charge is -2.12. The Morgan fingerprint density at radius 2 is 1.64 bits per heavy atom. The van der Waals surface area contributed by atoms with Gasteiger partial charge < -0.3 is 10.1 Å². The van der Waals surface area contributed by atoms with E-state index < -0.39 is 23.8 Å². The van der Waals surface area contributed by atoms with E-state index in [4.69, 9.17) is 51.1 Å². The summed E-state index contributed by atoms with van der Waals surface area (Å²) >= 11 is 24.1. The Balaban J connectivity index is 0.000000187. The Morgan fingerprint density at radius 1 is 0.873 bits per heavy atom. The van der Waals surface area contributed by atoms with Crippen LogP contribution in [0, 0.1) is 5.82 Å². The van der Waals surface area contributed by atoms with Gasteiger partial charge in [-0.2, -0.15) is 14.5 Å². The number of benzene rings is 4. The molecule has 282 valence electrons. The number of aryl methyl sites for hydroxylation is 2. The van der Waals surface area contributed by atoms with Crippen molar-refractivity contribution < 1.29 is 22.7 Å². The predicted molar refractivity (Wildman–Crippen MR) is 202 cm³/mol. The van der Waals surface area contributed by atoms with Crippen LogP contribution in [0.3, 0.4) is 0 Å². The van der Waals surface area contributed by atoms with Gasteiger partial charge in [0.05, 0.1) is 27.0 Å². The number of hydrogen-bond acceptors (Lipinski definition) is 7. The van der Waals surface area contributed by atoms with E-state index in [-0.39, 0.29) is 28.6 Å². The normalized spacial score (nSPS) is 11.0. The molecule has 12 nitrogen and oxygen atoms in total. The fourth-order valence-corrected chi connectivity index (χ4v) is 5.83. The van der Waals surface area contributed by atoms with E-state index in [0.29, 0.717) is 43.3 Å². The minimum Gasteiger partial charge on any atom is -0.472 e. The van der Waals surface area contributed by atoms with Crippen LogP contribution in [0.15, 0.2) is 102 Å². The molecule has 0 saturated carbocycles. The Morgan fingerprint density at radius 3 is 2.33 bits per heavy atom. The second-order valence-corrected chi connectivity index (χ2v) is 13.2. The summed E-state index contributed by atoms with van der Waals surface area (Å²) in [6.45, 7) is 0.107. The van der Waals surface area contributed by atoms with Crippen molar-refractivity contribution in [3.8, 4) is 28.4 Å². The topological polar surface area (TPSA) is 127 Å². The highest BCUT2D eigenvalue weighted by molar-refractivity contribution is 6.42. The summed E-state index contributed by atoms with van der Waals surface area (Å²) in [4.78, 5) is 24.7. The first-order chi connectivity index (χ1) is 26.3. The molecule has 7 rings (SSSR count). The Labute approximate surface area is 330 Å². The molecule has 1 amide bonds. The van der Waals surface area contributed by atoms with Gasteiger partial charge in [-0.05, 0) is 82.7 Å². The number of tetrazole rings is 1. The van der Waals surface area contributed by atoms with Gasteiger partial charge in [-0.15, -0.1) is 5.10 Å². The summed E-state index contributed by atoms with van der Waals surface area (Å²) in [5.41, 5.74) is 1.73. The third-order valence-corrected chi connectivity index (χ3v) is 9.18. The molecule has 0 unspecified atom stereocenters. The molecule has 0 aliphatic rings. The van der Waals surface area contributed by atoms with Gasteiger partial charge in [0.2, 0.25) is 5.88 Å². The van der Waals surface area contributed by atoms with E-state index in [0.717, 1.165) is 21.1 Å². The van der Waals surface area contributed by atoms with E-state index in [9.17, 15) is 22.8 Å². The van der Waals surface area contributed by atoms with Gasteiger partial charge in [-0.3, -0.25) is 9.48 Å². The summed E-state index contributed by atoms with van der Waals surface area (Å²) in [6.07, 6.45) is 0.0630. The smallest absolute Gasteiger partial charge is 0.368 e. The monoisotopic (exact) mass is 829 g/mol. The molecule has 0 saturated heterocycles. The first-order valence-corrected chi connectivity index (χ1v) is 17.4. The van der Waals surface area contributed by atoms with Crippen molar-refractivity contribution in [3.63, 3.8) is 0 Å². The number of amides is 1. The van der Waals surface area contributed by atoms with Gasteiger partial charge in [0.25, 0.3) is 12.3 Å². The van der Waals surface area contributed by atoms with Gasteiger partial charge in [-0.25, -0.2) is 22.6 Å². The minimum atomic E-state index is -2.91. The van der Waals surface area contributed by atoms with E-state index >= 15 is 0 Å². The number of ether oxygens (including phenoxy) is 1. The lowest BCUT2D eigenvalue weighted by molar-refractivity contribution is 0.101. The number of nitrogens with zero attached hydrogens (tertiary/aromatic N) is 8. The molecule has 3 aromatic heterocycles. The van der Waals surface area contributed by atoms with Crippen LogP contribution in [0.4, 0.5) is 18.9 Å². The predicted octanol–water partition coefficient (Wildman–Crippen LogP) is 8.76. The number of nitrogens with one attached hydrogen (secondary N) is 1. The summed E-state index contributed by atoms with van der Waals surface area (Å²) < 4.78 is 50.8. The summed E-state index contributed by atoms with van der Waals surface area (Å²) in [5.74, 6) is -0.914. The molecular formula is C36H26Cl4F3N9O3. The van der Waals surface area contributed by atoms with E-state index in [1.165, 1.54) is 49.2 Å². The van der Waals surface area contributed by atoms with Crippen molar-refractivity contribution in [2.45, 2.75) is 13.0 Å². The number of carbonyl (C=O) groups is 1. The molecule has 19 heteroatoms.